The molecule has 0 aromatic heterocycles. The van der Waals surface area contributed by atoms with Gasteiger partial charge < -0.3 is 5.32 Å². The van der Waals surface area contributed by atoms with E-state index in [2.05, 4.69) is 53.3 Å². The second kappa shape index (κ2) is 4.09. The first-order chi connectivity index (χ1) is 8.47. The van der Waals surface area contributed by atoms with E-state index < -0.39 is 0 Å². The third-order valence-electron chi connectivity index (χ3n) is 4.39. The first-order valence-electron chi connectivity index (χ1n) is 6.57. The van der Waals surface area contributed by atoms with Crippen LogP contribution in [-0.4, -0.2) is 11.9 Å². The lowest BCUT2D eigenvalue weighted by atomic mass is 9.64. The van der Waals surface area contributed by atoms with Gasteiger partial charge in [-0.15, -0.1) is 0 Å². The SMILES string of the molecule is CC1(C)C[C@H]2NC(=O)CC[C@H]2c2ccc(Br)cc21. The van der Waals surface area contributed by atoms with Crippen LogP contribution >= 0.6 is 15.9 Å². The van der Waals surface area contributed by atoms with Crippen molar-refractivity contribution in [1.82, 2.24) is 5.32 Å². The van der Waals surface area contributed by atoms with Crippen molar-refractivity contribution in [3.8, 4) is 0 Å². The number of halogens is 1. The molecule has 1 saturated heterocycles. The number of nitrogens with one attached hydrogen (secondary N) is 1. The standard InChI is InChI=1S/C15H18BrNO/c1-15(2)8-13-11(5-6-14(18)17-13)10-4-3-9(16)7-12(10)15/h3-4,7,11,13H,5-6,8H2,1-2H3,(H,17,18)/t11-,13+/m0/s1. The molecule has 1 aliphatic heterocycles. The molecule has 0 unspecified atom stereocenters. The minimum atomic E-state index is 0.130. The van der Waals surface area contributed by atoms with Crippen LogP contribution < -0.4 is 5.32 Å². The van der Waals surface area contributed by atoms with Gasteiger partial charge in [0.25, 0.3) is 0 Å². The smallest absolute Gasteiger partial charge is 0.220 e. The second-order valence-electron chi connectivity index (χ2n) is 6.14. The maximum absolute atomic E-state index is 11.6. The quantitative estimate of drug-likeness (QED) is 0.781. The minimum Gasteiger partial charge on any atom is -0.353 e. The Hall–Kier alpha value is -0.830. The van der Waals surface area contributed by atoms with E-state index in [0.29, 0.717) is 18.4 Å². The molecule has 2 aliphatic rings. The zero-order chi connectivity index (χ0) is 12.9. The van der Waals surface area contributed by atoms with Crippen molar-refractivity contribution in [3.05, 3.63) is 33.8 Å². The fourth-order valence-electron chi connectivity index (χ4n) is 3.53. The zero-order valence-electron chi connectivity index (χ0n) is 10.8. The number of piperidine rings is 1. The fraction of sp³-hybridized carbons (Fsp3) is 0.533. The highest BCUT2D eigenvalue weighted by Gasteiger charge is 2.41. The van der Waals surface area contributed by atoms with Gasteiger partial charge in [0.1, 0.15) is 0 Å². The van der Waals surface area contributed by atoms with Crippen LogP contribution in [0.2, 0.25) is 0 Å². The topological polar surface area (TPSA) is 29.1 Å². The maximum atomic E-state index is 11.6. The molecular weight excluding hydrogens is 290 g/mol. The van der Waals surface area contributed by atoms with Gasteiger partial charge in [0.05, 0.1) is 0 Å². The number of benzene rings is 1. The molecule has 0 spiro atoms. The first-order valence-corrected chi connectivity index (χ1v) is 7.36. The van der Waals surface area contributed by atoms with E-state index in [4.69, 9.17) is 0 Å². The molecule has 3 rings (SSSR count). The van der Waals surface area contributed by atoms with Crippen LogP contribution in [0.1, 0.15) is 50.2 Å². The van der Waals surface area contributed by atoms with Crippen molar-refractivity contribution in [2.75, 3.05) is 0 Å². The van der Waals surface area contributed by atoms with Crippen molar-refractivity contribution in [2.45, 2.75) is 50.5 Å². The van der Waals surface area contributed by atoms with Crippen LogP contribution in [0.25, 0.3) is 0 Å². The molecular formula is C15H18BrNO. The van der Waals surface area contributed by atoms with E-state index in [9.17, 15) is 4.79 Å². The van der Waals surface area contributed by atoms with Crippen LogP contribution in [0.15, 0.2) is 22.7 Å². The summed E-state index contributed by atoms with van der Waals surface area (Å²) in [6.07, 6.45) is 2.69. The van der Waals surface area contributed by atoms with Gasteiger partial charge in [0.2, 0.25) is 5.91 Å². The van der Waals surface area contributed by atoms with E-state index >= 15 is 0 Å². The molecule has 1 fully saturated rings. The molecule has 1 N–H and O–H groups in total. The van der Waals surface area contributed by atoms with E-state index in [-0.39, 0.29) is 11.3 Å². The van der Waals surface area contributed by atoms with Crippen molar-refractivity contribution in [3.63, 3.8) is 0 Å². The average molecular weight is 308 g/mol. The summed E-state index contributed by atoms with van der Waals surface area (Å²) in [5.41, 5.74) is 3.00. The molecule has 0 radical (unpaired) electrons. The first kappa shape index (κ1) is 12.2. The fourth-order valence-corrected chi connectivity index (χ4v) is 3.89. The monoisotopic (exact) mass is 307 g/mol. The number of carbonyl (C=O) groups excluding carboxylic acids is 1. The highest BCUT2D eigenvalue weighted by Crippen LogP contribution is 2.46. The Morgan fingerprint density at radius 3 is 2.94 bits per heavy atom. The number of fused-ring (bicyclic) bond motifs is 3. The molecule has 1 amide bonds. The molecule has 96 valence electrons. The minimum absolute atomic E-state index is 0.130. The van der Waals surface area contributed by atoms with Crippen LogP contribution in [-0.2, 0) is 10.2 Å². The lowest BCUT2D eigenvalue weighted by Gasteiger charge is -2.45. The average Bonchev–Trinajstić information content (AvgIpc) is 2.28. The van der Waals surface area contributed by atoms with Crippen molar-refractivity contribution in [1.29, 1.82) is 0 Å². The predicted molar refractivity (Wildman–Crippen MR) is 75.7 cm³/mol. The Morgan fingerprint density at radius 1 is 1.39 bits per heavy atom. The van der Waals surface area contributed by atoms with Gasteiger partial charge in [-0.1, -0.05) is 35.8 Å². The van der Waals surface area contributed by atoms with Gasteiger partial charge >= 0.3 is 0 Å². The summed E-state index contributed by atoms with van der Waals surface area (Å²) in [6.45, 7) is 4.55. The predicted octanol–water partition coefficient (Wildman–Crippen LogP) is 3.49. The number of rotatable bonds is 0. The Labute approximate surface area is 116 Å². The zero-order valence-corrected chi connectivity index (χ0v) is 12.4. The lowest BCUT2D eigenvalue weighted by molar-refractivity contribution is -0.124. The summed E-state index contributed by atoms with van der Waals surface area (Å²) >= 11 is 3.57. The van der Waals surface area contributed by atoms with Crippen LogP contribution in [0, 0.1) is 0 Å². The number of hydrogen-bond acceptors (Lipinski definition) is 1. The van der Waals surface area contributed by atoms with E-state index in [1.54, 1.807) is 0 Å². The summed E-state index contributed by atoms with van der Waals surface area (Å²) in [6, 6.07) is 6.92. The Balaban J connectivity index is 2.09. The van der Waals surface area contributed by atoms with Gasteiger partial charge in [-0.3, -0.25) is 4.79 Å². The number of amides is 1. The van der Waals surface area contributed by atoms with Crippen LogP contribution in [0.3, 0.4) is 0 Å². The van der Waals surface area contributed by atoms with Gasteiger partial charge in [-0.2, -0.15) is 0 Å². The number of carbonyl (C=O) groups is 1. The molecule has 2 nitrogen and oxygen atoms in total. The van der Waals surface area contributed by atoms with E-state index in [1.807, 2.05) is 0 Å². The normalized spacial score (nSPS) is 29.2. The van der Waals surface area contributed by atoms with Crippen molar-refractivity contribution >= 4 is 21.8 Å². The summed E-state index contributed by atoms with van der Waals surface area (Å²) < 4.78 is 1.15. The Kier molecular flexibility index (Phi) is 2.77. The maximum Gasteiger partial charge on any atom is 0.220 e. The molecule has 3 heteroatoms. The molecule has 2 atom stereocenters. The third kappa shape index (κ3) is 1.89. The second-order valence-corrected chi connectivity index (χ2v) is 7.05. The van der Waals surface area contributed by atoms with Crippen LogP contribution in [0.4, 0.5) is 0 Å². The largest absolute Gasteiger partial charge is 0.353 e. The summed E-state index contributed by atoms with van der Waals surface area (Å²) in [5, 5.41) is 3.18. The summed E-state index contributed by atoms with van der Waals surface area (Å²) in [4.78, 5) is 11.6. The molecule has 0 bridgehead atoms. The highest BCUT2D eigenvalue weighted by atomic mass is 79.9. The van der Waals surface area contributed by atoms with Crippen molar-refractivity contribution in [2.24, 2.45) is 0 Å². The Bertz CT molecular complexity index is 509. The van der Waals surface area contributed by atoms with Crippen LogP contribution in [0.5, 0.6) is 0 Å². The van der Waals surface area contributed by atoms with Crippen molar-refractivity contribution < 1.29 is 4.79 Å². The molecule has 0 saturated carbocycles. The van der Waals surface area contributed by atoms with Gasteiger partial charge in [0.15, 0.2) is 0 Å². The Morgan fingerprint density at radius 2 is 2.17 bits per heavy atom. The van der Waals surface area contributed by atoms with E-state index in [1.165, 1.54) is 11.1 Å². The summed E-state index contributed by atoms with van der Waals surface area (Å²) in [5.74, 6) is 0.714. The molecule has 1 heterocycles. The molecule has 18 heavy (non-hydrogen) atoms. The lowest BCUT2D eigenvalue weighted by Crippen LogP contribution is -2.49. The van der Waals surface area contributed by atoms with Gasteiger partial charge in [0, 0.05) is 22.9 Å². The number of hydrogen-bond donors (Lipinski definition) is 1. The van der Waals surface area contributed by atoms with Gasteiger partial charge in [-0.25, -0.2) is 0 Å². The third-order valence-corrected chi connectivity index (χ3v) is 4.88. The van der Waals surface area contributed by atoms with Gasteiger partial charge in [-0.05, 0) is 41.5 Å². The van der Waals surface area contributed by atoms with E-state index in [0.717, 1.165) is 17.3 Å². The summed E-state index contributed by atoms with van der Waals surface area (Å²) in [7, 11) is 0. The molecule has 1 aromatic carbocycles. The molecule has 1 aromatic rings. The highest BCUT2D eigenvalue weighted by molar-refractivity contribution is 9.10. The molecule has 1 aliphatic carbocycles.